The summed E-state index contributed by atoms with van der Waals surface area (Å²) in [6.45, 7) is 17.6. The van der Waals surface area contributed by atoms with Crippen LogP contribution in [0, 0.1) is 11.3 Å². The second kappa shape index (κ2) is 13.0. The molecular formula is C29H47N3O4. The van der Waals surface area contributed by atoms with Crippen LogP contribution in [0.2, 0.25) is 0 Å². The van der Waals surface area contributed by atoms with Gasteiger partial charge < -0.3 is 20.3 Å². The number of carbonyl (C=O) groups excluding carboxylic acids is 3. The van der Waals surface area contributed by atoms with Crippen molar-refractivity contribution in [3.63, 3.8) is 0 Å². The van der Waals surface area contributed by atoms with Crippen LogP contribution in [-0.2, 0) is 24.5 Å². The van der Waals surface area contributed by atoms with E-state index in [1.807, 2.05) is 78.8 Å². The van der Waals surface area contributed by atoms with Gasteiger partial charge in [-0.05, 0) is 37.8 Å². The van der Waals surface area contributed by atoms with E-state index in [1.54, 1.807) is 38.9 Å². The Balaban J connectivity index is 3.28. The molecule has 2 N–H and O–H groups in total. The molecule has 0 unspecified atom stereocenters. The van der Waals surface area contributed by atoms with Crippen LogP contribution < -0.4 is 10.6 Å². The lowest BCUT2D eigenvalue weighted by atomic mass is 9.76. The van der Waals surface area contributed by atoms with Gasteiger partial charge in [0.1, 0.15) is 6.04 Å². The van der Waals surface area contributed by atoms with Gasteiger partial charge in [-0.15, -0.1) is 0 Å². The van der Waals surface area contributed by atoms with Crippen molar-refractivity contribution < 1.29 is 19.1 Å². The molecule has 0 saturated carbocycles. The van der Waals surface area contributed by atoms with Gasteiger partial charge in [0.05, 0.1) is 18.7 Å². The Hall–Kier alpha value is -2.67. The number of likely N-dealkylation sites (N-methyl/N-ethyl adjacent to an activating group) is 2. The zero-order valence-corrected chi connectivity index (χ0v) is 24.1. The van der Waals surface area contributed by atoms with Crippen LogP contribution in [-0.4, -0.2) is 61.5 Å². The summed E-state index contributed by atoms with van der Waals surface area (Å²) in [6, 6.07) is 8.19. The molecular weight excluding hydrogens is 454 g/mol. The largest absolute Gasteiger partial charge is 0.463 e. The maximum Gasteiger partial charge on any atom is 0.333 e. The first-order valence-electron chi connectivity index (χ1n) is 12.7. The first-order valence-corrected chi connectivity index (χ1v) is 12.7. The standard InChI is InChI=1S/C29H47N3O4/c1-12-36-27(35)20(4)18-22(19(2)3)32(11)26(34)24(28(5,6)7)31-25(33)23(30-10)29(8,9)21-16-14-13-15-17-21/h13-19,22-24,30H,12H2,1-11H3,(H,31,33)/t22-,23-,24-/m1/s1. The number of benzene rings is 1. The maximum atomic E-state index is 13.8. The molecule has 0 saturated heterocycles. The molecule has 0 aromatic heterocycles. The molecule has 1 aromatic carbocycles. The van der Waals surface area contributed by atoms with E-state index in [9.17, 15) is 14.4 Å². The number of esters is 1. The molecule has 2 amide bonds. The van der Waals surface area contributed by atoms with Gasteiger partial charge in [0, 0.05) is 18.0 Å². The van der Waals surface area contributed by atoms with Gasteiger partial charge in [-0.3, -0.25) is 9.59 Å². The number of hydrogen-bond acceptors (Lipinski definition) is 5. The molecule has 202 valence electrons. The summed E-state index contributed by atoms with van der Waals surface area (Å²) < 4.78 is 5.11. The highest BCUT2D eigenvalue weighted by Crippen LogP contribution is 2.29. The summed E-state index contributed by atoms with van der Waals surface area (Å²) in [4.78, 5) is 41.2. The Morgan fingerprint density at radius 1 is 1.03 bits per heavy atom. The quantitative estimate of drug-likeness (QED) is 0.352. The molecule has 0 aliphatic carbocycles. The summed E-state index contributed by atoms with van der Waals surface area (Å²) in [7, 11) is 3.48. The Labute approximate surface area is 218 Å². The van der Waals surface area contributed by atoms with Gasteiger partial charge in [0.2, 0.25) is 11.8 Å². The van der Waals surface area contributed by atoms with E-state index in [0.29, 0.717) is 5.57 Å². The smallest absolute Gasteiger partial charge is 0.333 e. The van der Waals surface area contributed by atoms with Crippen molar-refractivity contribution in [2.75, 3.05) is 20.7 Å². The molecule has 0 bridgehead atoms. The summed E-state index contributed by atoms with van der Waals surface area (Å²) in [5.74, 6) is -0.811. The van der Waals surface area contributed by atoms with Gasteiger partial charge in [0.25, 0.3) is 0 Å². The summed E-state index contributed by atoms with van der Waals surface area (Å²) in [5, 5.41) is 6.21. The molecule has 3 atom stereocenters. The highest BCUT2D eigenvalue weighted by atomic mass is 16.5. The molecule has 0 fully saturated rings. The first-order chi connectivity index (χ1) is 16.6. The fourth-order valence-electron chi connectivity index (χ4n) is 4.40. The lowest BCUT2D eigenvalue weighted by Gasteiger charge is -2.40. The third-order valence-electron chi connectivity index (χ3n) is 6.69. The molecule has 1 aromatic rings. The predicted octanol–water partition coefficient (Wildman–Crippen LogP) is 4.08. The van der Waals surface area contributed by atoms with Gasteiger partial charge in [-0.2, -0.15) is 0 Å². The van der Waals surface area contributed by atoms with E-state index < -0.39 is 28.9 Å². The van der Waals surface area contributed by atoms with Gasteiger partial charge >= 0.3 is 5.97 Å². The molecule has 0 radical (unpaired) electrons. The molecule has 0 aliphatic rings. The average molecular weight is 502 g/mol. The predicted molar refractivity (Wildman–Crippen MR) is 145 cm³/mol. The molecule has 0 aliphatic heterocycles. The van der Waals surface area contributed by atoms with Gasteiger partial charge in [-0.1, -0.05) is 84.9 Å². The van der Waals surface area contributed by atoms with Gasteiger partial charge in [-0.25, -0.2) is 4.79 Å². The van der Waals surface area contributed by atoms with Crippen molar-refractivity contribution in [3.05, 3.63) is 47.5 Å². The monoisotopic (exact) mass is 501 g/mol. The Morgan fingerprint density at radius 3 is 2.03 bits per heavy atom. The number of nitrogens with one attached hydrogen (secondary N) is 2. The van der Waals surface area contributed by atoms with Crippen molar-refractivity contribution in [2.45, 2.75) is 85.9 Å². The van der Waals surface area contributed by atoms with E-state index >= 15 is 0 Å². The summed E-state index contributed by atoms with van der Waals surface area (Å²) in [6.07, 6.45) is 1.77. The van der Waals surface area contributed by atoms with Crippen LogP contribution in [0.5, 0.6) is 0 Å². The molecule has 36 heavy (non-hydrogen) atoms. The second-order valence-corrected chi connectivity index (χ2v) is 11.4. The molecule has 0 heterocycles. The highest BCUT2D eigenvalue weighted by Gasteiger charge is 2.41. The topological polar surface area (TPSA) is 87.7 Å². The van der Waals surface area contributed by atoms with E-state index in [2.05, 4.69) is 10.6 Å². The number of nitrogens with zero attached hydrogens (tertiary/aromatic N) is 1. The van der Waals surface area contributed by atoms with Crippen LogP contribution in [0.4, 0.5) is 0 Å². The minimum absolute atomic E-state index is 0.0433. The number of rotatable bonds is 11. The molecule has 7 heteroatoms. The highest BCUT2D eigenvalue weighted by molar-refractivity contribution is 5.92. The molecule has 7 nitrogen and oxygen atoms in total. The normalized spacial score (nSPS) is 15.2. The third-order valence-corrected chi connectivity index (χ3v) is 6.69. The average Bonchev–Trinajstić information content (AvgIpc) is 2.80. The maximum absolute atomic E-state index is 13.8. The fraction of sp³-hybridized carbons (Fsp3) is 0.621. The van der Waals surface area contributed by atoms with Crippen molar-refractivity contribution in [3.8, 4) is 0 Å². The second-order valence-electron chi connectivity index (χ2n) is 11.4. The van der Waals surface area contributed by atoms with Crippen LogP contribution >= 0.6 is 0 Å². The van der Waals surface area contributed by atoms with Crippen LogP contribution in [0.15, 0.2) is 42.0 Å². The summed E-state index contributed by atoms with van der Waals surface area (Å²) in [5.41, 5.74) is 0.413. The van der Waals surface area contributed by atoms with Gasteiger partial charge in [0.15, 0.2) is 0 Å². The fourth-order valence-corrected chi connectivity index (χ4v) is 4.40. The van der Waals surface area contributed by atoms with E-state index in [-0.39, 0.29) is 30.4 Å². The number of amides is 2. The minimum atomic E-state index is -0.769. The van der Waals surface area contributed by atoms with Crippen molar-refractivity contribution in [1.82, 2.24) is 15.5 Å². The van der Waals surface area contributed by atoms with E-state index in [0.717, 1.165) is 5.56 Å². The minimum Gasteiger partial charge on any atom is -0.463 e. The Morgan fingerprint density at radius 2 is 1.58 bits per heavy atom. The molecule has 1 rings (SSSR count). The third kappa shape index (κ3) is 7.92. The van der Waals surface area contributed by atoms with E-state index in [4.69, 9.17) is 4.74 Å². The zero-order chi connectivity index (χ0) is 27.8. The van der Waals surface area contributed by atoms with E-state index in [1.165, 1.54) is 0 Å². The number of carbonyl (C=O) groups is 3. The van der Waals surface area contributed by atoms with Crippen LogP contribution in [0.1, 0.15) is 67.9 Å². The Kier molecular flexibility index (Phi) is 11.4. The number of hydrogen-bond donors (Lipinski definition) is 2. The first kappa shape index (κ1) is 31.4. The summed E-state index contributed by atoms with van der Waals surface area (Å²) >= 11 is 0. The van der Waals surface area contributed by atoms with Crippen molar-refractivity contribution in [1.29, 1.82) is 0 Å². The van der Waals surface area contributed by atoms with Crippen molar-refractivity contribution >= 4 is 17.8 Å². The zero-order valence-electron chi connectivity index (χ0n) is 24.1. The lowest BCUT2D eigenvalue weighted by Crippen LogP contribution is -2.61. The Bertz CT molecular complexity index is 916. The SMILES string of the molecule is CCOC(=O)C(C)=C[C@H](C(C)C)N(C)C(=O)[C@@H](NC(=O)[C@@H](NC)C(C)(C)c1ccccc1)C(C)(C)C. The number of ether oxygens (including phenoxy) is 1. The van der Waals surface area contributed by atoms with Crippen LogP contribution in [0.25, 0.3) is 0 Å². The molecule has 0 spiro atoms. The van der Waals surface area contributed by atoms with Crippen molar-refractivity contribution in [2.24, 2.45) is 11.3 Å². The van der Waals surface area contributed by atoms with Crippen LogP contribution in [0.3, 0.4) is 0 Å². The lowest BCUT2D eigenvalue weighted by molar-refractivity contribution is -0.141.